The van der Waals surface area contributed by atoms with Crippen LogP contribution in [0.5, 0.6) is 0 Å². The Labute approximate surface area is 175 Å². The molecule has 4 aromatic rings. The molecule has 5 rings (SSSR count). The first-order valence-corrected chi connectivity index (χ1v) is 10.4. The first-order chi connectivity index (χ1) is 14.5. The number of amides is 1. The third-order valence-electron chi connectivity index (χ3n) is 6.15. The van der Waals surface area contributed by atoms with Gasteiger partial charge in [0, 0.05) is 42.6 Å². The van der Waals surface area contributed by atoms with Crippen molar-refractivity contribution < 1.29 is 9.21 Å². The predicted molar refractivity (Wildman–Crippen MR) is 120 cm³/mol. The van der Waals surface area contributed by atoms with E-state index in [1.807, 2.05) is 30.0 Å². The van der Waals surface area contributed by atoms with Crippen LogP contribution in [0.2, 0.25) is 0 Å². The molecule has 0 saturated carbocycles. The molecule has 152 valence electrons. The first-order valence-electron chi connectivity index (χ1n) is 10.4. The van der Waals surface area contributed by atoms with Crippen LogP contribution < -0.4 is 4.90 Å². The molecule has 0 unspecified atom stereocenters. The van der Waals surface area contributed by atoms with Crippen molar-refractivity contribution in [2.24, 2.45) is 0 Å². The van der Waals surface area contributed by atoms with Crippen LogP contribution in [0.4, 0.5) is 5.69 Å². The van der Waals surface area contributed by atoms with E-state index in [1.54, 1.807) is 0 Å². The van der Waals surface area contributed by atoms with Crippen LogP contribution in [0.15, 0.2) is 52.9 Å². The van der Waals surface area contributed by atoms with E-state index in [0.717, 1.165) is 34.9 Å². The summed E-state index contributed by atoms with van der Waals surface area (Å²) in [6, 6.07) is 16.4. The Balaban J connectivity index is 1.35. The summed E-state index contributed by atoms with van der Waals surface area (Å²) >= 11 is 0. The summed E-state index contributed by atoms with van der Waals surface area (Å²) in [5.74, 6) is 0.304. The molecule has 0 radical (unpaired) electrons. The van der Waals surface area contributed by atoms with Gasteiger partial charge in [0.05, 0.1) is 5.52 Å². The molecule has 0 aliphatic carbocycles. The first kappa shape index (κ1) is 18.7. The van der Waals surface area contributed by atoms with Crippen molar-refractivity contribution in [3.8, 4) is 0 Å². The topological polar surface area (TPSA) is 49.6 Å². The van der Waals surface area contributed by atoms with E-state index in [0.29, 0.717) is 24.6 Å². The molecule has 2 aromatic carbocycles. The summed E-state index contributed by atoms with van der Waals surface area (Å²) in [5.41, 5.74) is 6.42. The standard InChI is InChI=1S/C25H25N3O2/c1-16-7-8-19-14-20-15-23(30-24(20)26-21(19)13-16)25(29)28-11-9-27(10-12-28)22-6-4-5-17(2)18(22)3/h4-8,13-15H,9-12H2,1-3H3. The maximum atomic E-state index is 13.1. The Morgan fingerprint density at radius 3 is 2.53 bits per heavy atom. The van der Waals surface area contributed by atoms with E-state index in [1.165, 1.54) is 16.8 Å². The predicted octanol–water partition coefficient (Wildman–Crippen LogP) is 4.87. The molecule has 5 nitrogen and oxygen atoms in total. The van der Waals surface area contributed by atoms with Gasteiger partial charge in [-0.25, -0.2) is 4.98 Å². The number of fused-ring (bicyclic) bond motifs is 2. The lowest BCUT2D eigenvalue weighted by Crippen LogP contribution is -2.49. The van der Waals surface area contributed by atoms with E-state index >= 15 is 0 Å². The second kappa shape index (κ2) is 7.17. The van der Waals surface area contributed by atoms with E-state index in [-0.39, 0.29) is 5.91 Å². The lowest BCUT2D eigenvalue weighted by molar-refractivity contribution is 0.0717. The number of aryl methyl sites for hydroxylation is 2. The van der Waals surface area contributed by atoms with Crippen molar-refractivity contribution in [1.82, 2.24) is 9.88 Å². The number of anilines is 1. The number of benzene rings is 2. The molecule has 0 spiro atoms. The van der Waals surface area contributed by atoms with Gasteiger partial charge in [-0.05, 0) is 61.7 Å². The summed E-state index contributed by atoms with van der Waals surface area (Å²) < 4.78 is 5.86. The van der Waals surface area contributed by atoms with Crippen LogP contribution in [-0.2, 0) is 0 Å². The van der Waals surface area contributed by atoms with Crippen LogP contribution in [0, 0.1) is 20.8 Å². The fraction of sp³-hybridized carbons (Fsp3) is 0.280. The molecule has 30 heavy (non-hydrogen) atoms. The second-order valence-corrected chi connectivity index (χ2v) is 8.19. The normalized spacial score (nSPS) is 14.6. The molecule has 1 fully saturated rings. The zero-order valence-corrected chi connectivity index (χ0v) is 17.6. The molecular formula is C25H25N3O2. The number of aromatic nitrogens is 1. The van der Waals surface area contributed by atoms with Gasteiger partial charge in [0.25, 0.3) is 5.91 Å². The third kappa shape index (κ3) is 3.20. The Bertz CT molecular complexity index is 1270. The van der Waals surface area contributed by atoms with Crippen molar-refractivity contribution in [3.63, 3.8) is 0 Å². The average molecular weight is 399 g/mol. The summed E-state index contributed by atoms with van der Waals surface area (Å²) in [7, 11) is 0. The highest BCUT2D eigenvalue weighted by atomic mass is 16.4. The molecule has 0 N–H and O–H groups in total. The second-order valence-electron chi connectivity index (χ2n) is 8.19. The van der Waals surface area contributed by atoms with Gasteiger partial charge in [0.2, 0.25) is 5.71 Å². The number of carbonyl (C=O) groups is 1. The zero-order valence-electron chi connectivity index (χ0n) is 17.6. The van der Waals surface area contributed by atoms with Gasteiger partial charge in [0.1, 0.15) is 0 Å². The Kier molecular flexibility index (Phi) is 4.46. The molecule has 1 aliphatic rings. The summed E-state index contributed by atoms with van der Waals surface area (Å²) in [5, 5.41) is 1.92. The van der Waals surface area contributed by atoms with Gasteiger partial charge in [-0.3, -0.25) is 4.79 Å². The highest BCUT2D eigenvalue weighted by molar-refractivity contribution is 5.98. The van der Waals surface area contributed by atoms with Crippen LogP contribution in [0.1, 0.15) is 27.2 Å². The minimum atomic E-state index is -0.0612. The molecular weight excluding hydrogens is 374 g/mol. The maximum Gasteiger partial charge on any atom is 0.289 e. The van der Waals surface area contributed by atoms with Crippen LogP contribution in [-0.4, -0.2) is 42.0 Å². The number of piperazine rings is 1. The molecule has 1 aliphatic heterocycles. The molecule has 5 heteroatoms. The summed E-state index contributed by atoms with van der Waals surface area (Å²) in [4.78, 5) is 21.9. The van der Waals surface area contributed by atoms with Crippen molar-refractivity contribution in [2.45, 2.75) is 20.8 Å². The molecule has 3 heterocycles. The Hall–Kier alpha value is -3.34. The lowest BCUT2D eigenvalue weighted by atomic mass is 10.1. The largest absolute Gasteiger partial charge is 0.433 e. The minimum absolute atomic E-state index is 0.0612. The van der Waals surface area contributed by atoms with Crippen molar-refractivity contribution in [3.05, 3.63) is 71.0 Å². The van der Waals surface area contributed by atoms with Crippen molar-refractivity contribution >= 4 is 33.6 Å². The number of nitrogens with zero attached hydrogens (tertiary/aromatic N) is 3. The van der Waals surface area contributed by atoms with E-state index in [4.69, 9.17) is 4.42 Å². The summed E-state index contributed by atoms with van der Waals surface area (Å²) in [6.45, 7) is 9.33. The minimum Gasteiger partial charge on any atom is -0.433 e. The average Bonchev–Trinajstić information content (AvgIpc) is 3.16. The van der Waals surface area contributed by atoms with Gasteiger partial charge in [-0.1, -0.05) is 24.3 Å². The van der Waals surface area contributed by atoms with E-state index < -0.39 is 0 Å². The van der Waals surface area contributed by atoms with Crippen LogP contribution in [0.3, 0.4) is 0 Å². The molecule has 2 aromatic heterocycles. The molecule has 1 amide bonds. The summed E-state index contributed by atoms with van der Waals surface area (Å²) in [6.07, 6.45) is 0. The number of pyridine rings is 1. The van der Waals surface area contributed by atoms with Crippen LogP contribution in [0.25, 0.3) is 22.0 Å². The lowest BCUT2D eigenvalue weighted by Gasteiger charge is -2.36. The number of hydrogen-bond donors (Lipinski definition) is 0. The monoisotopic (exact) mass is 399 g/mol. The highest BCUT2D eigenvalue weighted by Gasteiger charge is 2.25. The van der Waals surface area contributed by atoms with Gasteiger partial charge in [-0.2, -0.15) is 0 Å². The Morgan fingerprint density at radius 2 is 1.73 bits per heavy atom. The zero-order chi connectivity index (χ0) is 20.8. The number of hydrogen-bond acceptors (Lipinski definition) is 4. The van der Waals surface area contributed by atoms with E-state index in [9.17, 15) is 4.79 Å². The van der Waals surface area contributed by atoms with Crippen molar-refractivity contribution in [2.75, 3.05) is 31.1 Å². The highest BCUT2D eigenvalue weighted by Crippen LogP contribution is 2.26. The molecule has 0 atom stereocenters. The van der Waals surface area contributed by atoms with Crippen LogP contribution >= 0.6 is 0 Å². The van der Waals surface area contributed by atoms with Gasteiger partial charge in [-0.15, -0.1) is 0 Å². The quantitative estimate of drug-likeness (QED) is 0.483. The number of rotatable bonds is 2. The third-order valence-corrected chi connectivity index (χ3v) is 6.15. The smallest absolute Gasteiger partial charge is 0.289 e. The van der Waals surface area contributed by atoms with Crippen molar-refractivity contribution in [1.29, 1.82) is 0 Å². The van der Waals surface area contributed by atoms with E-state index in [2.05, 4.69) is 54.1 Å². The molecule has 0 bridgehead atoms. The molecule has 1 saturated heterocycles. The van der Waals surface area contributed by atoms with Gasteiger partial charge in [0.15, 0.2) is 5.76 Å². The Morgan fingerprint density at radius 1 is 0.933 bits per heavy atom. The fourth-order valence-corrected chi connectivity index (χ4v) is 4.23. The SMILES string of the molecule is Cc1ccc2cc3cc(C(=O)N4CCN(c5cccc(C)c5C)CC4)oc3nc2c1. The maximum absolute atomic E-state index is 13.1. The van der Waals surface area contributed by atoms with Gasteiger partial charge < -0.3 is 14.2 Å². The fourth-order valence-electron chi connectivity index (χ4n) is 4.23. The number of furan rings is 1. The number of carbonyl (C=O) groups excluding carboxylic acids is 1. The van der Waals surface area contributed by atoms with Gasteiger partial charge >= 0.3 is 0 Å².